The second kappa shape index (κ2) is 6.68. The number of hydrogen-bond acceptors (Lipinski definition) is 6. The minimum absolute atomic E-state index is 0.160. The molecule has 2 aliphatic heterocycles. The molecule has 2 N–H and O–H groups in total. The van der Waals surface area contributed by atoms with Gasteiger partial charge in [0, 0.05) is 0 Å². The molecule has 120 valence electrons. The van der Waals surface area contributed by atoms with Crippen molar-refractivity contribution in [3.63, 3.8) is 0 Å². The summed E-state index contributed by atoms with van der Waals surface area (Å²) in [6.07, 6.45) is -1.86. The lowest BCUT2D eigenvalue weighted by Crippen LogP contribution is -2.44. The Balaban J connectivity index is 0.000000956. The molecule has 0 saturated carbocycles. The summed E-state index contributed by atoms with van der Waals surface area (Å²) < 4.78 is 22.7. The molecule has 2 rings (SSSR count). The summed E-state index contributed by atoms with van der Waals surface area (Å²) >= 11 is 0. The van der Waals surface area contributed by atoms with Crippen LogP contribution < -0.4 is 0 Å². The van der Waals surface area contributed by atoms with Crippen LogP contribution in [0.1, 0.15) is 41.5 Å². The van der Waals surface area contributed by atoms with Gasteiger partial charge in [-0.2, -0.15) is 0 Å². The van der Waals surface area contributed by atoms with Gasteiger partial charge >= 0.3 is 0 Å². The van der Waals surface area contributed by atoms with E-state index in [2.05, 4.69) is 0 Å². The smallest absolute Gasteiger partial charge is 0.164 e. The van der Waals surface area contributed by atoms with Crippen LogP contribution in [0.2, 0.25) is 0 Å². The van der Waals surface area contributed by atoms with Crippen LogP contribution in [-0.4, -0.2) is 59.4 Å². The molecule has 6 nitrogen and oxygen atoms in total. The van der Waals surface area contributed by atoms with Crippen molar-refractivity contribution >= 4 is 0 Å². The lowest BCUT2D eigenvalue weighted by Gasteiger charge is -2.24. The third-order valence-electron chi connectivity index (χ3n) is 3.13. The fourth-order valence-corrected chi connectivity index (χ4v) is 2.57. The van der Waals surface area contributed by atoms with E-state index < -0.39 is 36.0 Å². The molecule has 0 spiro atoms. The minimum atomic E-state index is -0.770. The molecule has 0 bridgehead atoms. The van der Waals surface area contributed by atoms with Crippen molar-refractivity contribution in [2.24, 2.45) is 0 Å². The molecule has 2 heterocycles. The molecule has 0 aromatic rings. The molecular formula is C14H28O6. The zero-order chi connectivity index (χ0) is 15.6. The lowest BCUT2D eigenvalue weighted by molar-refractivity contribution is -0.175. The molecule has 2 fully saturated rings. The number of ether oxygens (including phenoxy) is 4. The quantitative estimate of drug-likeness (QED) is 0.809. The highest BCUT2D eigenvalue weighted by Crippen LogP contribution is 2.38. The molecule has 0 aromatic carbocycles. The molecule has 4 atom stereocenters. The number of hydrogen-bond donors (Lipinski definition) is 2. The van der Waals surface area contributed by atoms with Gasteiger partial charge in [-0.1, -0.05) is 13.8 Å². The monoisotopic (exact) mass is 292 g/mol. The van der Waals surface area contributed by atoms with Crippen molar-refractivity contribution in [1.29, 1.82) is 0 Å². The molecule has 20 heavy (non-hydrogen) atoms. The molecule has 0 aliphatic carbocycles. The Labute approximate surface area is 121 Å². The first-order valence-electron chi connectivity index (χ1n) is 7.21. The van der Waals surface area contributed by atoms with Crippen molar-refractivity contribution < 1.29 is 29.2 Å². The van der Waals surface area contributed by atoms with Crippen molar-refractivity contribution in [3.05, 3.63) is 0 Å². The topological polar surface area (TPSA) is 77.4 Å². The standard InChI is InChI=1S/C12H22O6.C2H6/c1-11(2)15-7(5-13)9(17-11)10-8(6-14)16-12(3,4)18-10;1-2/h7-10,13-14H,5-6H2,1-4H3;1-2H3/t7?,8?,9-,10?;/m1./s1. The zero-order valence-electron chi connectivity index (χ0n) is 13.3. The van der Waals surface area contributed by atoms with Crippen LogP contribution in [0.15, 0.2) is 0 Å². The van der Waals surface area contributed by atoms with Crippen LogP contribution >= 0.6 is 0 Å². The fourth-order valence-electron chi connectivity index (χ4n) is 2.57. The number of rotatable bonds is 3. The van der Waals surface area contributed by atoms with Gasteiger partial charge in [0.15, 0.2) is 11.6 Å². The third-order valence-corrected chi connectivity index (χ3v) is 3.13. The molecule has 0 aromatic heterocycles. The van der Waals surface area contributed by atoms with Crippen molar-refractivity contribution in [3.8, 4) is 0 Å². The van der Waals surface area contributed by atoms with E-state index in [0.29, 0.717) is 0 Å². The van der Waals surface area contributed by atoms with Gasteiger partial charge in [-0.05, 0) is 27.7 Å². The maximum atomic E-state index is 9.35. The van der Waals surface area contributed by atoms with Crippen molar-refractivity contribution in [1.82, 2.24) is 0 Å². The Bertz CT molecular complexity index is 274. The van der Waals surface area contributed by atoms with Gasteiger partial charge in [-0.15, -0.1) is 0 Å². The SMILES string of the molecule is CC.CC1(C)OC(CO)C([C@@H]2OC(C)(C)OC2CO)O1. The Morgan fingerprint density at radius 3 is 1.25 bits per heavy atom. The van der Waals surface area contributed by atoms with E-state index in [1.165, 1.54) is 0 Å². The predicted octanol–water partition coefficient (Wildman–Crippen LogP) is 1.04. The van der Waals surface area contributed by atoms with Crippen LogP contribution in [0.5, 0.6) is 0 Å². The van der Waals surface area contributed by atoms with E-state index >= 15 is 0 Å². The summed E-state index contributed by atoms with van der Waals surface area (Å²) in [5, 5.41) is 18.7. The summed E-state index contributed by atoms with van der Waals surface area (Å²) in [5.74, 6) is -1.54. The normalized spacial score (nSPS) is 38.4. The summed E-state index contributed by atoms with van der Waals surface area (Å²) in [7, 11) is 0. The first-order chi connectivity index (χ1) is 9.28. The zero-order valence-corrected chi connectivity index (χ0v) is 13.3. The predicted molar refractivity (Wildman–Crippen MR) is 73.2 cm³/mol. The highest BCUT2D eigenvalue weighted by atomic mass is 16.8. The van der Waals surface area contributed by atoms with E-state index in [4.69, 9.17) is 18.9 Å². The van der Waals surface area contributed by atoms with Gasteiger partial charge in [0.2, 0.25) is 0 Å². The highest BCUT2D eigenvalue weighted by Gasteiger charge is 2.53. The van der Waals surface area contributed by atoms with E-state index in [-0.39, 0.29) is 13.2 Å². The van der Waals surface area contributed by atoms with Crippen molar-refractivity contribution in [2.75, 3.05) is 13.2 Å². The van der Waals surface area contributed by atoms with Crippen LogP contribution in [0, 0.1) is 0 Å². The molecule has 2 aliphatic rings. The average Bonchev–Trinajstić information content (AvgIpc) is 2.87. The molecule has 3 unspecified atom stereocenters. The van der Waals surface area contributed by atoms with E-state index in [1.807, 2.05) is 13.8 Å². The molecule has 2 saturated heterocycles. The summed E-state index contributed by atoms with van der Waals surface area (Å²) in [4.78, 5) is 0. The van der Waals surface area contributed by atoms with Crippen LogP contribution in [-0.2, 0) is 18.9 Å². The molecule has 0 radical (unpaired) electrons. The molecule has 6 heteroatoms. The van der Waals surface area contributed by atoms with Crippen LogP contribution in [0.4, 0.5) is 0 Å². The second-order valence-electron chi connectivity index (χ2n) is 5.64. The Hall–Kier alpha value is -0.240. The first-order valence-corrected chi connectivity index (χ1v) is 7.21. The molecule has 0 amide bonds. The Morgan fingerprint density at radius 2 is 1.00 bits per heavy atom. The van der Waals surface area contributed by atoms with Gasteiger partial charge in [-0.3, -0.25) is 0 Å². The van der Waals surface area contributed by atoms with E-state index in [1.54, 1.807) is 27.7 Å². The third kappa shape index (κ3) is 3.90. The summed E-state index contributed by atoms with van der Waals surface area (Å²) in [5.41, 5.74) is 0. The second-order valence-corrected chi connectivity index (χ2v) is 5.64. The van der Waals surface area contributed by atoms with Crippen molar-refractivity contribution in [2.45, 2.75) is 77.5 Å². The largest absolute Gasteiger partial charge is 0.394 e. The first kappa shape index (κ1) is 17.8. The number of aliphatic hydroxyl groups is 2. The van der Waals surface area contributed by atoms with Gasteiger partial charge in [0.25, 0.3) is 0 Å². The van der Waals surface area contributed by atoms with Gasteiger partial charge < -0.3 is 29.2 Å². The lowest BCUT2D eigenvalue weighted by atomic mass is 10.0. The number of aliphatic hydroxyl groups excluding tert-OH is 2. The minimum Gasteiger partial charge on any atom is -0.394 e. The summed E-state index contributed by atoms with van der Waals surface area (Å²) in [6.45, 7) is 10.8. The molecular weight excluding hydrogens is 264 g/mol. The van der Waals surface area contributed by atoms with E-state index in [0.717, 1.165) is 0 Å². The van der Waals surface area contributed by atoms with Crippen LogP contribution in [0.3, 0.4) is 0 Å². The van der Waals surface area contributed by atoms with E-state index in [9.17, 15) is 10.2 Å². The fraction of sp³-hybridized carbons (Fsp3) is 1.00. The maximum Gasteiger partial charge on any atom is 0.164 e. The van der Waals surface area contributed by atoms with Gasteiger partial charge in [-0.25, -0.2) is 0 Å². The average molecular weight is 292 g/mol. The Morgan fingerprint density at radius 1 is 0.700 bits per heavy atom. The van der Waals surface area contributed by atoms with Crippen LogP contribution in [0.25, 0.3) is 0 Å². The van der Waals surface area contributed by atoms with Gasteiger partial charge in [0.05, 0.1) is 13.2 Å². The van der Waals surface area contributed by atoms with Gasteiger partial charge in [0.1, 0.15) is 24.4 Å². The summed E-state index contributed by atoms with van der Waals surface area (Å²) in [6, 6.07) is 0. The highest BCUT2D eigenvalue weighted by molar-refractivity contribution is 4.94. The Kier molecular flexibility index (Phi) is 5.95. The maximum absolute atomic E-state index is 9.35.